The topological polar surface area (TPSA) is 38.7 Å². The maximum absolute atomic E-state index is 11.1. The van der Waals surface area contributed by atoms with E-state index in [-0.39, 0.29) is 5.70 Å². The van der Waals surface area contributed by atoms with E-state index < -0.39 is 5.97 Å². The van der Waals surface area contributed by atoms with Gasteiger partial charge in [0.2, 0.25) is 5.90 Å². The van der Waals surface area contributed by atoms with Gasteiger partial charge in [-0.05, 0) is 12.1 Å². The Balaban J connectivity index is 2.36. The number of aliphatic imine (C=N–C) groups is 1. The smallest absolute Gasteiger partial charge is 0.364 e. The van der Waals surface area contributed by atoms with E-state index in [1.54, 1.807) is 0 Å². The highest BCUT2D eigenvalue weighted by atomic mass is 35.5. The van der Waals surface area contributed by atoms with E-state index in [1.165, 1.54) is 0 Å². The first-order chi connectivity index (χ1) is 6.81. The van der Waals surface area contributed by atoms with Gasteiger partial charge in [0, 0.05) is 11.1 Å². The third-order valence-electron chi connectivity index (χ3n) is 1.74. The Morgan fingerprint density at radius 1 is 1.29 bits per heavy atom. The van der Waals surface area contributed by atoms with Gasteiger partial charge in [-0.15, -0.1) is 0 Å². The summed E-state index contributed by atoms with van der Waals surface area (Å²) >= 11 is 5.39. The Labute approximate surface area is 85.7 Å². The Morgan fingerprint density at radius 2 is 2.00 bits per heavy atom. The molecule has 3 nitrogen and oxygen atoms in total. The van der Waals surface area contributed by atoms with Crippen molar-refractivity contribution in [1.29, 1.82) is 0 Å². The van der Waals surface area contributed by atoms with Crippen molar-refractivity contribution in [2.75, 3.05) is 0 Å². The SMILES string of the molecule is O=C1OC(c2ccccc2)=NC1=CCl. The highest BCUT2D eigenvalue weighted by Crippen LogP contribution is 2.16. The summed E-state index contributed by atoms with van der Waals surface area (Å²) in [5.41, 5.74) is 2.00. The van der Waals surface area contributed by atoms with Crippen LogP contribution >= 0.6 is 11.6 Å². The van der Waals surface area contributed by atoms with Gasteiger partial charge in [-0.2, -0.15) is 0 Å². The fraction of sp³-hybridized carbons (Fsp3) is 0. The molecule has 2 rings (SSSR count). The molecule has 1 aromatic carbocycles. The second kappa shape index (κ2) is 3.64. The Hall–Kier alpha value is -1.61. The first-order valence-corrected chi connectivity index (χ1v) is 4.41. The number of halogens is 1. The van der Waals surface area contributed by atoms with E-state index >= 15 is 0 Å². The minimum absolute atomic E-state index is 0.130. The van der Waals surface area contributed by atoms with Crippen LogP contribution < -0.4 is 0 Å². The van der Waals surface area contributed by atoms with E-state index in [2.05, 4.69) is 4.99 Å². The van der Waals surface area contributed by atoms with Crippen molar-refractivity contribution in [2.24, 2.45) is 4.99 Å². The van der Waals surface area contributed by atoms with Crippen molar-refractivity contribution >= 4 is 23.5 Å². The molecule has 0 atom stereocenters. The van der Waals surface area contributed by atoms with Gasteiger partial charge in [0.05, 0.1) is 0 Å². The molecule has 0 bridgehead atoms. The van der Waals surface area contributed by atoms with E-state index in [9.17, 15) is 4.79 Å². The van der Waals surface area contributed by atoms with Crippen molar-refractivity contribution in [3.63, 3.8) is 0 Å². The van der Waals surface area contributed by atoms with Crippen LogP contribution in [0.5, 0.6) is 0 Å². The number of cyclic esters (lactones) is 1. The normalized spacial score (nSPS) is 18.2. The molecular formula is C10H6ClNO2. The summed E-state index contributed by atoms with van der Waals surface area (Å²) < 4.78 is 4.91. The van der Waals surface area contributed by atoms with Crippen molar-refractivity contribution in [3.05, 3.63) is 47.1 Å². The molecule has 70 valence electrons. The Kier molecular flexibility index (Phi) is 2.33. The van der Waals surface area contributed by atoms with E-state index in [0.717, 1.165) is 11.1 Å². The fourth-order valence-corrected chi connectivity index (χ4v) is 1.23. The number of hydrogen-bond donors (Lipinski definition) is 0. The molecule has 0 saturated heterocycles. The maximum Gasteiger partial charge on any atom is 0.364 e. The van der Waals surface area contributed by atoms with Crippen molar-refractivity contribution in [1.82, 2.24) is 0 Å². The summed E-state index contributed by atoms with van der Waals surface area (Å²) in [5, 5.41) is 0. The minimum atomic E-state index is -0.515. The van der Waals surface area contributed by atoms with E-state index in [0.29, 0.717) is 5.90 Å². The summed E-state index contributed by atoms with van der Waals surface area (Å²) in [6.45, 7) is 0. The molecule has 0 amide bonds. The molecule has 0 radical (unpaired) electrons. The number of hydrogen-bond acceptors (Lipinski definition) is 3. The second-order valence-corrected chi connectivity index (χ2v) is 2.89. The second-order valence-electron chi connectivity index (χ2n) is 2.67. The largest absolute Gasteiger partial charge is 0.402 e. The zero-order valence-electron chi connectivity index (χ0n) is 7.11. The van der Waals surface area contributed by atoms with E-state index in [1.807, 2.05) is 30.3 Å². The predicted octanol–water partition coefficient (Wildman–Crippen LogP) is 2.07. The van der Waals surface area contributed by atoms with Crippen LogP contribution in [0.3, 0.4) is 0 Å². The van der Waals surface area contributed by atoms with Gasteiger partial charge in [0.25, 0.3) is 0 Å². The predicted molar refractivity (Wildman–Crippen MR) is 53.0 cm³/mol. The molecule has 0 fully saturated rings. The number of rotatable bonds is 1. The first-order valence-electron chi connectivity index (χ1n) is 3.98. The van der Waals surface area contributed by atoms with Crippen LogP contribution in [0.4, 0.5) is 0 Å². The zero-order valence-corrected chi connectivity index (χ0v) is 7.86. The average molecular weight is 208 g/mol. The summed E-state index contributed by atoms with van der Waals surface area (Å²) in [7, 11) is 0. The number of carbonyl (C=O) groups is 1. The van der Waals surface area contributed by atoms with Crippen molar-refractivity contribution < 1.29 is 9.53 Å². The lowest BCUT2D eigenvalue weighted by molar-refractivity contribution is -0.130. The molecule has 0 spiro atoms. The fourth-order valence-electron chi connectivity index (χ4n) is 1.09. The van der Waals surface area contributed by atoms with E-state index in [4.69, 9.17) is 16.3 Å². The highest BCUT2D eigenvalue weighted by molar-refractivity contribution is 6.28. The molecule has 4 heteroatoms. The number of carbonyl (C=O) groups excluding carboxylic acids is 1. The molecule has 0 aliphatic carbocycles. The summed E-state index contributed by atoms with van der Waals surface area (Å²) in [6.07, 6.45) is 0. The monoisotopic (exact) mass is 207 g/mol. The Morgan fingerprint density at radius 3 is 2.57 bits per heavy atom. The van der Waals surface area contributed by atoms with Gasteiger partial charge < -0.3 is 4.74 Å². The van der Waals surface area contributed by atoms with Crippen LogP contribution in [0, 0.1) is 0 Å². The van der Waals surface area contributed by atoms with Crippen molar-refractivity contribution in [2.45, 2.75) is 0 Å². The van der Waals surface area contributed by atoms with Gasteiger partial charge >= 0.3 is 5.97 Å². The number of benzene rings is 1. The Bertz CT molecular complexity index is 423. The molecule has 0 unspecified atom stereocenters. The molecule has 1 heterocycles. The first kappa shape index (κ1) is 8.97. The van der Waals surface area contributed by atoms with Crippen LogP contribution in [0.2, 0.25) is 0 Å². The van der Waals surface area contributed by atoms with Crippen molar-refractivity contribution in [3.8, 4) is 0 Å². The standard InChI is InChI=1S/C10H6ClNO2/c11-6-8-10(13)14-9(12-8)7-4-2-1-3-5-7/h1-6H. The van der Waals surface area contributed by atoms with Gasteiger partial charge in [0.15, 0.2) is 5.70 Å². The van der Waals surface area contributed by atoms with Crippen LogP contribution in [0.15, 0.2) is 46.6 Å². The minimum Gasteiger partial charge on any atom is -0.402 e. The van der Waals surface area contributed by atoms with Gasteiger partial charge in [-0.3, -0.25) is 0 Å². The molecular weight excluding hydrogens is 202 g/mol. The number of nitrogens with zero attached hydrogens (tertiary/aromatic N) is 1. The number of esters is 1. The lowest BCUT2D eigenvalue weighted by atomic mass is 10.2. The van der Waals surface area contributed by atoms with Gasteiger partial charge in [-0.1, -0.05) is 29.8 Å². The van der Waals surface area contributed by atoms with Crippen LogP contribution in [-0.2, 0) is 9.53 Å². The third kappa shape index (κ3) is 1.54. The summed E-state index contributed by atoms with van der Waals surface area (Å²) in [4.78, 5) is 15.0. The third-order valence-corrected chi connectivity index (χ3v) is 1.95. The lowest BCUT2D eigenvalue weighted by Gasteiger charge is -1.96. The molecule has 14 heavy (non-hydrogen) atoms. The van der Waals surface area contributed by atoms with Crippen LogP contribution in [0.1, 0.15) is 5.56 Å². The maximum atomic E-state index is 11.1. The molecule has 0 N–H and O–H groups in total. The molecule has 1 aliphatic heterocycles. The average Bonchev–Trinajstić information content (AvgIpc) is 2.61. The lowest BCUT2D eigenvalue weighted by Crippen LogP contribution is -2.04. The van der Waals surface area contributed by atoms with Crippen LogP contribution in [0.25, 0.3) is 0 Å². The molecule has 1 aromatic rings. The van der Waals surface area contributed by atoms with Crippen LogP contribution in [-0.4, -0.2) is 11.9 Å². The highest BCUT2D eigenvalue weighted by Gasteiger charge is 2.23. The van der Waals surface area contributed by atoms with Gasteiger partial charge in [0.1, 0.15) is 0 Å². The molecule has 1 aliphatic rings. The number of ether oxygens (including phenoxy) is 1. The zero-order chi connectivity index (χ0) is 9.97. The van der Waals surface area contributed by atoms with Gasteiger partial charge in [-0.25, -0.2) is 9.79 Å². The quantitative estimate of drug-likeness (QED) is 0.522. The summed E-state index contributed by atoms with van der Waals surface area (Å²) in [5.74, 6) is -0.221. The summed E-state index contributed by atoms with van der Waals surface area (Å²) in [6, 6.07) is 9.17. The molecule has 0 aromatic heterocycles. The molecule has 0 saturated carbocycles.